The Hall–Kier alpha value is -2.14. The van der Waals surface area contributed by atoms with Gasteiger partial charge in [0.15, 0.2) is 23.1 Å². The monoisotopic (exact) mass is 2040 g/mol. The number of aliphatic hydroxyl groups is 5. The predicted octanol–water partition coefficient (Wildman–Crippen LogP) is 27.6. The van der Waals surface area contributed by atoms with Crippen LogP contribution in [-0.4, -0.2) is 171 Å². The summed E-state index contributed by atoms with van der Waals surface area (Å²) in [5.41, 5.74) is 8.37. The molecule has 0 bridgehead atoms. The number of esters is 1. The Kier molecular flexibility index (Phi) is 36.3. The van der Waals surface area contributed by atoms with E-state index in [4.69, 9.17) is 65.4 Å². The lowest BCUT2D eigenvalue weighted by Crippen LogP contribution is -2.59. The second-order valence-corrected chi connectivity index (χ2v) is 56.7. The van der Waals surface area contributed by atoms with E-state index in [9.17, 15) is 24.9 Å². The molecule has 17 saturated carbocycles. The Morgan fingerprint density at radius 2 is 0.637 bits per heavy atom. The summed E-state index contributed by atoms with van der Waals surface area (Å²) in [6.45, 7) is 51.4. The summed E-state index contributed by atoms with van der Waals surface area (Å²) in [6, 6.07) is 0.0463. The van der Waals surface area contributed by atoms with Crippen LogP contribution in [0.15, 0.2) is 34.9 Å². The van der Waals surface area contributed by atoms with Crippen molar-refractivity contribution in [3.05, 3.63) is 34.9 Å². The SMILES string of the molecule is C.C.C.C.CC(=O)O[C@H]1C[C@@H]2[C@H](CC[C@]3(C)[C@@H](C4(C)OCCO4)CC[C@@H]23)[C@@]2(C)CC[C@H](C)C[C@H]12.CC(=O)[C@H]1CC[C@H]2[C@@H]3CC=C4C[C@@H](O)CC[C@]4(C)[C@H]3CC[C@]12C.CC1([C@H]2CC[C@H]3[C@@H]4CC=C5C[C@@H](O)CC[C@]5(C)[C@H]4CC[C@]23C)OCCO1.C[C@H]1CC[C@@]2(C)C(=CC[C@H]3[C@@H]4CC[C@H](C5(C)OCCO5)[C@@]4(C)CC[C@@H]32)C1.C[C@H]1CC[C@@]2(C)[C@H](C1)[C@@H](O)C[C@@H]1[C@@H]2CC[C@]2(C)[C@@H](C3(C)OCCO3)CC[C@@H]12.OCCO.[B]C1CCCO1. The number of carbonyl (C=O) groups is 2. The maximum absolute atomic E-state index is 12.2. The topological polar surface area (TPSA) is 228 Å². The van der Waals surface area contributed by atoms with Crippen molar-refractivity contribution >= 4 is 19.6 Å². The largest absolute Gasteiger partial charge is 0.462 e. The van der Waals surface area contributed by atoms with E-state index in [1.807, 2.05) is 12.5 Å². The van der Waals surface area contributed by atoms with E-state index >= 15 is 0 Å². The predicted molar refractivity (Wildman–Crippen MR) is 586 cm³/mol. The number of Topliss-reactive ketones (excluding diaryl/α,β-unsaturated/α-hetero) is 1. The van der Waals surface area contributed by atoms with Crippen LogP contribution in [0.5, 0.6) is 0 Å². The van der Waals surface area contributed by atoms with E-state index in [1.54, 1.807) is 18.1 Å². The molecule has 2 radical (unpaired) electrons. The van der Waals surface area contributed by atoms with Crippen LogP contribution in [0.3, 0.4) is 0 Å². The first-order chi connectivity index (χ1) is 67.4. The lowest BCUT2D eigenvalue weighted by Gasteiger charge is -2.63. The lowest BCUT2D eigenvalue weighted by molar-refractivity contribution is -0.225. The molecule has 22 fully saturated rings. The number of ketones is 1. The van der Waals surface area contributed by atoms with Crippen molar-refractivity contribution in [2.45, 2.75) is 484 Å². The summed E-state index contributed by atoms with van der Waals surface area (Å²) in [5, 5.41) is 46.7. The van der Waals surface area contributed by atoms with Crippen LogP contribution >= 0.6 is 0 Å². The van der Waals surface area contributed by atoms with Crippen molar-refractivity contribution < 1.29 is 82.5 Å². The minimum atomic E-state index is -0.410. The molecule has 5 N–H and O–H groups in total. The molecule has 17 nitrogen and oxygen atoms in total. The Morgan fingerprint density at radius 1 is 0.329 bits per heavy atom. The molecule has 18 heteroatoms. The highest BCUT2D eigenvalue weighted by atomic mass is 16.8. The van der Waals surface area contributed by atoms with Gasteiger partial charge in [-0.3, -0.25) is 9.59 Å². The molecular formula is C128H217BO17. The molecule has 25 aliphatic rings. The van der Waals surface area contributed by atoms with Gasteiger partial charge in [0, 0.05) is 55.0 Å². The smallest absolute Gasteiger partial charge is 0.302 e. The second-order valence-electron chi connectivity index (χ2n) is 56.7. The third-order valence-corrected chi connectivity index (χ3v) is 50.2. The van der Waals surface area contributed by atoms with Crippen LogP contribution in [0.4, 0.5) is 0 Å². The number of ether oxygens (including phenoxy) is 10. The molecule has 0 aromatic rings. The zero-order chi connectivity index (χ0) is 101. The number of rotatable bonds is 7. The first kappa shape index (κ1) is 118. The maximum atomic E-state index is 12.2. The molecular weight excluding hydrogens is 1820 g/mol. The molecule has 0 spiro atoms. The minimum absolute atomic E-state index is 0. The maximum Gasteiger partial charge on any atom is 0.302 e. The summed E-state index contributed by atoms with van der Waals surface area (Å²) >= 11 is 0. The number of allylic oxidation sites excluding steroid dienone is 4. The van der Waals surface area contributed by atoms with Gasteiger partial charge >= 0.3 is 5.97 Å². The molecule has 5 heterocycles. The molecule has 0 aromatic carbocycles. The first-order valence-electron chi connectivity index (χ1n) is 59.9. The van der Waals surface area contributed by atoms with Gasteiger partial charge in [-0.15, -0.1) is 0 Å². The molecule has 834 valence electrons. The van der Waals surface area contributed by atoms with Crippen LogP contribution in [0.1, 0.15) is 431 Å². The minimum Gasteiger partial charge on any atom is -0.462 e. The number of carbonyl (C=O) groups excluding carboxylic acids is 2. The number of fused-ring (bicyclic) bond motifs is 25. The Balaban J connectivity index is 0.000000133. The molecule has 1 unspecified atom stereocenters. The molecule has 25 rings (SSSR count). The number of hydrogen-bond acceptors (Lipinski definition) is 17. The molecule has 0 amide bonds. The third-order valence-electron chi connectivity index (χ3n) is 50.2. The normalized spacial score (nSPS) is 49.9. The van der Waals surface area contributed by atoms with Crippen molar-refractivity contribution in [1.29, 1.82) is 0 Å². The molecule has 0 aromatic heterocycles. The van der Waals surface area contributed by atoms with Gasteiger partial charge in [-0.1, -0.05) is 168 Å². The highest BCUT2D eigenvalue weighted by Gasteiger charge is 2.71. The number of hydrogen-bond donors (Lipinski definition) is 5. The van der Waals surface area contributed by atoms with Crippen molar-refractivity contribution in [2.24, 2.45) is 202 Å². The average Bonchev–Trinajstić information content (AvgIpc) is 1.48. The van der Waals surface area contributed by atoms with Crippen molar-refractivity contribution in [2.75, 3.05) is 72.7 Å². The van der Waals surface area contributed by atoms with Crippen LogP contribution in [0, 0.1) is 202 Å². The van der Waals surface area contributed by atoms with Gasteiger partial charge in [-0.2, -0.15) is 0 Å². The van der Waals surface area contributed by atoms with Gasteiger partial charge < -0.3 is 72.9 Å². The average molecular weight is 2040 g/mol. The van der Waals surface area contributed by atoms with E-state index in [2.05, 4.69) is 136 Å². The molecule has 5 aliphatic heterocycles. The van der Waals surface area contributed by atoms with Crippen molar-refractivity contribution in [3.8, 4) is 0 Å². The van der Waals surface area contributed by atoms with Crippen LogP contribution in [-0.2, 0) is 57.0 Å². The Bertz CT molecular complexity index is 4330. The van der Waals surface area contributed by atoms with Crippen molar-refractivity contribution in [1.82, 2.24) is 0 Å². The first-order valence-corrected chi connectivity index (χ1v) is 59.9. The quantitative estimate of drug-likeness (QED) is 0.0907. The van der Waals surface area contributed by atoms with Crippen molar-refractivity contribution in [3.63, 3.8) is 0 Å². The van der Waals surface area contributed by atoms with E-state index < -0.39 is 5.79 Å². The lowest BCUT2D eigenvalue weighted by atomic mass is 9.43. The zero-order valence-electron chi connectivity index (χ0n) is 92.7. The van der Waals surface area contributed by atoms with Crippen LogP contribution in [0.25, 0.3) is 0 Å². The summed E-state index contributed by atoms with van der Waals surface area (Å²) in [6.07, 6.45) is 59.6. The summed E-state index contributed by atoms with van der Waals surface area (Å²) < 4.78 is 60.2. The van der Waals surface area contributed by atoms with E-state index in [0.717, 1.165) is 212 Å². The Labute approximate surface area is 891 Å². The van der Waals surface area contributed by atoms with Gasteiger partial charge in [0.1, 0.15) is 19.7 Å². The molecule has 146 heavy (non-hydrogen) atoms. The van der Waals surface area contributed by atoms with Crippen LogP contribution < -0.4 is 0 Å². The second kappa shape index (κ2) is 45.0. The molecule has 40 atom stereocenters. The standard InChI is InChI=1S/C26H42O4.C24H40O3.C24H38O2.C23H36O3.C21H32O2.C4H7BO.C2H6O2.4CH4/c1-16-8-10-24(3)20-9-11-25(4)19(6-7-23(25)26(5)28-12-13-29-26)18(20)15-22(21(24)14-16)30-17(2)27;1-15-7-9-22(2)18-8-10-23(3)17(16(18)14-20(25)19(22)13-15)5-6-21(23)24(4)26-11-12-27-24;1-16-9-11-22(2)17(15-16)5-6-18-19-7-8-21(24(4)25-13-14-26-24)23(19,3)12-10-20(18)22;1-21-10-8-16(24)14-15(21)4-5-17-18-6-7-20(23(3)25-12-13-26-23)22(18,2)11-9-19(17)21;1-13(22)17-6-7-18-16-5-4-14-12-15(23)8-10-20(14,2)19(16)9-11-21(17,18)3;5-4-2-1-3-6-4;3-1-2-4;;;;/h16,18-23H,6-15H2,1-5H3;15-21,25H,5-14H2,1-4H3;5,16,18-21H,6-15H2,1-4H3;4,16-20,24H,5-14H2,1-3H3;4,15-19,23H,5-12H2,1-3H3;4H,1-3H2;3-4H,1-2H2;4*1H4/t16-,18-,19-,20-,21+,22-,23-,24+,25-;15-,16-,17-,18-,19+,20-,21-,22+,23-;16-,18-,19-,20-,21-,22-,23-;16-,17-,18-,19-,20-,21-,22-;15-,16-,17+,18-,19-,20-,21+;;;;;;/m00000....../s1. The fourth-order valence-electron chi connectivity index (χ4n) is 43.1. The highest BCUT2D eigenvalue weighted by molar-refractivity contribution is 6.11. The van der Waals surface area contributed by atoms with Gasteiger partial charge in [-0.25, -0.2) is 0 Å². The zero-order valence-corrected chi connectivity index (χ0v) is 92.7. The van der Waals surface area contributed by atoms with Gasteiger partial charge in [0.05, 0.1) is 84.4 Å². The fourth-order valence-corrected chi connectivity index (χ4v) is 43.1. The molecule has 5 saturated heterocycles. The van der Waals surface area contributed by atoms with E-state index in [0.29, 0.717) is 108 Å². The Morgan fingerprint density at radius 3 is 0.986 bits per heavy atom. The number of aliphatic hydroxyl groups excluding tert-OH is 5. The summed E-state index contributed by atoms with van der Waals surface area (Å²) in [5.74, 6) is 16.5. The van der Waals surface area contributed by atoms with E-state index in [-0.39, 0.29) is 108 Å². The summed E-state index contributed by atoms with van der Waals surface area (Å²) in [4.78, 5) is 24.2. The van der Waals surface area contributed by atoms with Crippen LogP contribution in [0.2, 0.25) is 0 Å². The summed E-state index contributed by atoms with van der Waals surface area (Å²) in [7, 11) is 5.31. The van der Waals surface area contributed by atoms with Gasteiger partial charge in [0.25, 0.3) is 0 Å². The molecule has 20 aliphatic carbocycles. The highest BCUT2D eigenvalue weighted by Crippen LogP contribution is 2.76. The third kappa shape index (κ3) is 20.6. The van der Waals surface area contributed by atoms with Gasteiger partial charge in [-0.05, 0) is 458 Å². The van der Waals surface area contributed by atoms with Gasteiger partial charge in [0.2, 0.25) is 0 Å². The fraction of sp³-hybridized carbons (Fsp3) is 0.938. The van der Waals surface area contributed by atoms with E-state index in [1.165, 1.54) is 205 Å².